The fourth-order valence-electron chi connectivity index (χ4n) is 4.73. The highest BCUT2D eigenvalue weighted by atomic mass is 32.2. The van der Waals surface area contributed by atoms with Crippen LogP contribution in [0.25, 0.3) is 10.9 Å². The van der Waals surface area contributed by atoms with E-state index in [1.807, 2.05) is 40.7 Å². The Kier molecular flexibility index (Phi) is 6.78. The van der Waals surface area contributed by atoms with Crippen molar-refractivity contribution in [1.82, 2.24) is 14.5 Å². The third-order valence-electron chi connectivity index (χ3n) is 6.63. The van der Waals surface area contributed by atoms with Crippen LogP contribution in [0.2, 0.25) is 0 Å². The van der Waals surface area contributed by atoms with Crippen molar-refractivity contribution in [2.24, 2.45) is 0 Å². The van der Waals surface area contributed by atoms with E-state index >= 15 is 0 Å². The zero-order valence-electron chi connectivity index (χ0n) is 18.1. The number of fused-ring (bicyclic) bond motifs is 1. The van der Waals surface area contributed by atoms with Gasteiger partial charge in [-0.3, -0.25) is 14.2 Å². The van der Waals surface area contributed by atoms with Gasteiger partial charge >= 0.3 is 0 Å². The number of hydrogen-bond donors (Lipinski definition) is 1. The van der Waals surface area contributed by atoms with E-state index in [2.05, 4.69) is 6.92 Å². The Bertz CT molecular complexity index is 946. The molecule has 30 heavy (non-hydrogen) atoms. The van der Waals surface area contributed by atoms with Crippen molar-refractivity contribution in [2.45, 2.75) is 62.4 Å². The van der Waals surface area contributed by atoms with Crippen LogP contribution in [0, 0.1) is 0 Å². The number of hydrogen-bond acceptors (Lipinski definition) is 4. The highest BCUT2D eigenvalue weighted by Crippen LogP contribution is 2.32. The number of benzene rings is 1. The Labute approximate surface area is 182 Å². The number of nitrogens with zero attached hydrogens (tertiary/aromatic N) is 3. The number of piperazine rings is 1. The van der Waals surface area contributed by atoms with Gasteiger partial charge in [0.25, 0.3) is 5.56 Å². The number of carbonyl (C=O) groups is 1. The van der Waals surface area contributed by atoms with Gasteiger partial charge in [0, 0.05) is 6.04 Å². The molecule has 2 aliphatic rings. The van der Waals surface area contributed by atoms with Gasteiger partial charge in [0.2, 0.25) is 5.91 Å². The molecule has 4 rings (SSSR count). The molecule has 1 atom stereocenters. The normalized spacial score (nSPS) is 19.9. The first kappa shape index (κ1) is 21.4. The monoisotopic (exact) mass is 429 g/mol. The fourth-order valence-corrected chi connectivity index (χ4v) is 5.80. The molecule has 0 radical (unpaired) electrons. The summed E-state index contributed by atoms with van der Waals surface area (Å²) in [4.78, 5) is 34.9. The number of rotatable bonds is 5. The number of nitrogens with one attached hydrogen (secondary N) is 1. The quantitative estimate of drug-likeness (QED) is 0.584. The zero-order chi connectivity index (χ0) is 21.1. The van der Waals surface area contributed by atoms with Crippen LogP contribution in [0.1, 0.15) is 52.0 Å². The van der Waals surface area contributed by atoms with E-state index in [1.165, 1.54) is 18.2 Å². The summed E-state index contributed by atoms with van der Waals surface area (Å²) in [6, 6.07) is 7.75. The smallest absolute Gasteiger partial charge is 0.262 e. The number of likely N-dealkylation sites (N-methyl/N-ethyl adjacent to an activating group) is 1. The van der Waals surface area contributed by atoms with Gasteiger partial charge in [0.15, 0.2) is 5.16 Å². The van der Waals surface area contributed by atoms with Gasteiger partial charge in [-0.05, 0) is 38.8 Å². The molecular formula is C23H33N4O2S+. The Balaban J connectivity index is 1.61. The third kappa shape index (κ3) is 4.42. The van der Waals surface area contributed by atoms with Gasteiger partial charge in [0.1, 0.15) is 0 Å². The van der Waals surface area contributed by atoms with Gasteiger partial charge in [-0.1, -0.05) is 43.2 Å². The zero-order valence-corrected chi connectivity index (χ0v) is 18.9. The second-order valence-electron chi connectivity index (χ2n) is 8.57. The number of quaternary nitrogens is 1. The molecule has 7 heteroatoms. The van der Waals surface area contributed by atoms with E-state index in [1.54, 1.807) is 4.90 Å². The Morgan fingerprint density at radius 1 is 1.20 bits per heavy atom. The highest BCUT2D eigenvalue weighted by molar-refractivity contribution is 8.00. The molecule has 162 valence electrons. The van der Waals surface area contributed by atoms with Crippen molar-refractivity contribution >= 4 is 28.6 Å². The predicted molar refractivity (Wildman–Crippen MR) is 121 cm³/mol. The van der Waals surface area contributed by atoms with Crippen LogP contribution in [0.5, 0.6) is 0 Å². The summed E-state index contributed by atoms with van der Waals surface area (Å²) >= 11 is 1.45. The molecule has 2 fully saturated rings. The molecule has 1 N–H and O–H groups in total. The summed E-state index contributed by atoms with van der Waals surface area (Å²) in [6.07, 6.45) is 5.55. The molecule has 0 spiro atoms. The highest BCUT2D eigenvalue weighted by Gasteiger charge is 2.29. The van der Waals surface area contributed by atoms with Crippen molar-refractivity contribution in [3.63, 3.8) is 0 Å². The molecule has 1 aromatic carbocycles. The molecule has 2 aromatic rings. The van der Waals surface area contributed by atoms with E-state index in [4.69, 9.17) is 4.98 Å². The van der Waals surface area contributed by atoms with Crippen molar-refractivity contribution in [1.29, 1.82) is 0 Å². The van der Waals surface area contributed by atoms with E-state index in [0.29, 0.717) is 10.5 Å². The van der Waals surface area contributed by atoms with Crippen molar-refractivity contribution in [3.8, 4) is 0 Å². The minimum atomic E-state index is -0.254. The summed E-state index contributed by atoms with van der Waals surface area (Å²) in [5.41, 5.74) is 0.756. The molecule has 0 bridgehead atoms. The number of aromatic nitrogens is 2. The molecule has 1 aliphatic heterocycles. The maximum atomic E-state index is 13.4. The van der Waals surface area contributed by atoms with Crippen LogP contribution in [0.4, 0.5) is 0 Å². The Morgan fingerprint density at radius 3 is 2.60 bits per heavy atom. The molecule has 1 saturated carbocycles. The second-order valence-corrected chi connectivity index (χ2v) is 9.88. The molecule has 1 aliphatic carbocycles. The third-order valence-corrected chi connectivity index (χ3v) is 7.68. The first-order valence-corrected chi connectivity index (χ1v) is 12.3. The molecule has 1 saturated heterocycles. The molecule has 6 nitrogen and oxygen atoms in total. The maximum Gasteiger partial charge on any atom is 0.262 e. The molecular weight excluding hydrogens is 396 g/mol. The van der Waals surface area contributed by atoms with E-state index < -0.39 is 0 Å². The van der Waals surface area contributed by atoms with Crippen LogP contribution in [0.3, 0.4) is 0 Å². The summed E-state index contributed by atoms with van der Waals surface area (Å²) in [7, 11) is 0. The number of amides is 1. The van der Waals surface area contributed by atoms with Crippen molar-refractivity contribution < 1.29 is 9.69 Å². The van der Waals surface area contributed by atoms with Crippen molar-refractivity contribution in [2.75, 3.05) is 32.7 Å². The van der Waals surface area contributed by atoms with Gasteiger partial charge in [0.05, 0.1) is 48.9 Å². The van der Waals surface area contributed by atoms with Gasteiger partial charge in [-0.2, -0.15) is 0 Å². The lowest BCUT2D eigenvalue weighted by Gasteiger charge is -2.33. The van der Waals surface area contributed by atoms with Crippen LogP contribution in [-0.2, 0) is 4.79 Å². The standard InChI is InChI=1S/C23H32N4O2S/c1-3-25-13-15-26(16-14-25)21(28)17(2)30-23-24-20-12-8-7-11-19(20)22(29)27(23)18-9-5-4-6-10-18/h7-8,11-12,17-18H,3-6,9-10,13-16H2,1-2H3/p+1/t17-/m1/s1. The Hall–Kier alpha value is -1.86. The fraction of sp³-hybridized carbons (Fsp3) is 0.609. The summed E-state index contributed by atoms with van der Waals surface area (Å²) in [5, 5.41) is 1.12. The van der Waals surface area contributed by atoms with Crippen LogP contribution in [0.15, 0.2) is 34.2 Å². The average Bonchev–Trinajstić information content (AvgIpc) is 2.79. The van der Waals surface area contributed by atoms with Crippen molar-refractivity contribution in [3.05, 3.63) is 34.6 Å². The summed E-state index contributed by atoms with van der Waals surface area (Å²) in [5.74, 6) is 0.160. The molecule has 2 heterocycles. The molecule has 1 aromatic heterocycles. The van der Waals surface area contributed by atoms with Gasteiger partial charge < -0.3 is 9.80 Å². The lowest BCUT2D eigenvalue weighted by molar-refractivity contribution is -0.902. The maximum absolute atomic E-state index is 13.4. The summed E-state index contributed by atoms with van der Waals surface area (Å²) in [6.45, 7) is 8.92. The van der Waals surface area contributed by atoms with Crippen LogP contribution in [-0.4, -0.2) is 58.3 Å². The van der Waals surface area contributed by atoms with Crippen LogP contribution < -0.4 is 10.5 Å². The summed E-state index contributed by atoms with van der Waals surface area (Å²) < 4.78 is 1.90. The molecule has 1 amide bonds. The second kappa shape index (κ2) is 9.52. The lowest BCUT2D eigenvalue weighted by Crippen LogP contribution is -3.14. The number of thioether (sulfide) groups is 1. The Morgan fingerprint density at radius 2 is 1.90 bits per heavy atom. The lowest BCUT2D eigenvalue weighted by atomic mass is 9.95. The topological polar surface area (TPSA) is 59.6 Å². The van der Waals surface area contributed by atoms with Crippen LogP contribution >= 0.6 is 11.8 Å². The first-order valence-electron chi connectivity index (χ1n) is 11.4. The molecule has 0 unspecified atom stereocenters. The van der Waals surface area contributed by atoms with E-state index in [0.717, 1.165) is 63.9 Å². The largest absolute Gasteiger partial charge is 0.332 e. The van der Waals surface area contributed by atoms with E-state index in [-0.39, 0.29) is 22.8 Å². The first-order chi connectivity index (χ1) is 14.6. The SMILES string of the molecule is CC[NH+]1CCN(C(=O)[C@@H](C)Sc2nc3ccccc3c(=O)n2C2CCCCC2)CC1. The number of carbonyl (C=O) groups excluding carboxylic acids is 1. The minimum Gasteiger partial charge on any atom is -0.332 e. The van der Waals surface area contributed by atoms with Gasteiger partial charge in [-0.25, -0.2) is 4.98 Å². The predicted octanol–water partition coefficient (Wildman–Crippen LogP) is 2.13. The van der Waals surface area contributed by atoms with E-state index in [9.17, 15) is 9.59 Å². The van der Waals surface area contributed by atoms with Gasteiger partial charge in [-0.15, -0.1) is 0 Å². The average molecular weight is 430 g/mol. The number of para-hydroxylation sites is 1. The minimum absolute atomic E-state index is 0.0369.